The van der Waals surface area contributed by atoms with Gasteiger partial charge in [0.15, 0.2) is 0 Å². The third kappa shape index (κ3) is 3.32. The Morgan fingerprint density at radius 3 is 2.77 bits per heavy atom. The Labute approximate surface area is 129 Å². The van der Waals surface area contributed by atoms with Gasteiger partial charge in [-0.1, -0.05) is 19.3 Å². The third-order valence-corrected chi connectivity index (χ3v) is 4.19. The molecule has 6 nitrogen and oxygen atoms in total. The van der Waals surface area contributed by atoms with E-state index in [4.69, 9.17) is 0 Å². The fourth-order valence-corrected chi connectivity index (χ4v) is 2.96. The predicted octanol–water partition coefficient (Wildman–Crippen LogP) is 2.49. The van der Waals surface area contributed by atoms with Crippen molar-refractivity contribution in [3.05, 3.63) is 41.2 Å². The van der Waals surface area contributed by atoms with E-state index in [0.29, 0.717) is 18.0 Å². The molecule has 1 amide bonds. The Bertz CT molecular complexity index is 628. The summed E-state index contributed by atoms with van der Waals surface area (Å²) in [6.45, 7) is 2.26. The molecule has 0 bridgehead atoms. The Kier molecular flexibility index (Phi) is 4.46. The molecule has 1 aliphatic carbocycles. The number of nitrogens with zero attached hydrogens (tertiary/aromatic N) is 3. The maximum atomic E-state index is 12.4. The lowest BCUT2D eigenvalue weighted by Crippen LogP contribution is -2.25. The number of nitrogens with one attached hydrogen (secondary N) is 2. The van der Waals surface area contributed by atoms with Crippen LogP contribution in [0, 0.1) is 6.92 Å². The second kappa shape index (κ2) is 6.68. The Morgan fingerprint density at radius 1 is 1.23 bits per heavy atom. The van der Waals surface area contributed by atoms with Crippen LogP contribution in [0.2, 0.25) is 0 Å². The summed E-state index contributed by atoms with van der Waals surface area (Å²) in [5, 5.41) is 9.99. The zero-order valence-electron chi connectivity index (χ0n) is 12.8. The summed E-state index contributed by atoms with van der Waals surface area (Å²) in [6, 6.07) is 0. The number of aryl methyl sites for hydroxylation is 1. The maximum Gasteiger partial charge on any atom is 0.255 e. The maximum absolute atomic E-state index is 12.4. The van der Waals surface area contributed by atoms with Crippen molar-refractivity contribution >= 4 is 5.91 Å². The van der Waals surface area contributed by atoms with Gasteiger partial charge in [0.25, 0.3) is 5.91 Å². The first-order valence-electron chi connectivity index (χ1n) is 7.83. The number of H-pyrrole nitrogens is 1. The van der Waals surface area contributed by atoms with Crippen LogP contribution < -0.4 is 5.32 Å². The molecule has 2 heterocycles. The first kappa shape index (κ1) is 14.7. The van der Waals surface area contributed by atoms with Crippen molar-refractivity contribution in [1.82, 2.24) is 25.5 Å². The highest BCUT2D eigenvalue weighted by molar-refractivity contribution is 5.95. The standard InChI is InChI=1S/C16H21N5O/c1-11-7-18-13(8-17-11)9-19-16(22)14-10-20-21-15(14)12-5-3-2-4-6-12/h7-8,10,12H,2-6,9H2,1H3,(H,19,22)(H,20,21). The number of carbonyl (C=O) groups excluding carboxylic acids is 1. The van der Waals surface area contributed by atoms with Gasteiger partial charge in [0.2, 0.25) is 0 Å². The first-order chi connectivity index (χ1) is 10.7. The number of amides is 1. The van der Waals surface area contributed by atoms with E-state index in [-0.39, 0.29) is 5.91 Å². The van der Waals surface area contributed by atoms with E-state index in [2.05, 4.69) is 25.5 Å². The molecule has 6 heteroatoms. The van der Waals surface area contributed by atoms with Crippen LogP contribution >= 0.6 is 0 Å². The quantitative estimate of drug-likeness (QED) is 0.908. The normalized spacial score (nSPS) is 15.7. The van der Waals surface area contributed by atoms with Gasteiger partial charge in [-0.05, 0) is 19.8 Å². The Hall–Kier alpha value is -2.24. The summed E-state index contributed by atoms with van der Waals surface area (Å²) >= 11 is 0. The van der Waals surface area contributed by atoms with Crippen molar-refractivity contribution in [2.45, 2.75) is 51.5 Å². The Balaban J connectivity index is 1.65. The highest BCUT2D eigenvalue weighted by Gasteiger charge is 2.23. The topological polar surface area (TPSA) is 83.6 Å². The lowest BCUT2D eigenvalue weighted by molar-refractivity contribution is 0.0948. The molecule has 2 N–H and O–H groups in total. The molecule has 22 heavy (non-hydrogen) atoms. The van der Waals surface area contributed by atoms with E-state index in [0.717, 1.165) is 29.9 Å². The molecule has 1 saturated carbocycles. The largest absolute Gasteiger partial charge is 0.346 e. The van der Waals surface area contributed by atoms with E-state index in [1.807, 2.05) is 6.92 Å². The van der Waals surface area contributed by atoms with Gasteiger partial charge >= 0.3 is 0 Å². The van der Waals surface area contributed by atoms with Crippen LogP contribution in [0.25, 0.3) is 0 Å². The molecule has 2 aromatic heterocycles. The molecule has 116 valence electrons. The molecule has 1 fully saturated rings. The third-order valence-electron chi connectivity index (χ3n) is 4.19. The van der Waals surface area contributed by atoms with Crippen molar-refractivity contribution in [1.29, 1.82) is 0 Å². The lowest BCUT2D eigenvalue weighted by atomic mass is 9.85. The number of aromatic nitrogens is 4. The lowest BCUT2D eigenvalue weighted by Gasteiger charge is -2.21. The van der Waals surface area contributed by atoms with Crippen LogP contribution in [-0.2, 0) is 6.54 Å². The van der Waals surface area contributed by atoms with Crippen molar-refractivity contribution in [2.24, 2.45) is 0 Å². The van der Waals surface area contributed by atoms with Gasteiger partial charge < -0.3 is 5.32 Å². The van der Waals surface area contributed by atoms with Gasteiger partial charge in [0.1, 0.15) is 0 Å². The average molecular weight is 299 g/mol. The smallest absolute Gasteiger partial charge is 0.255 e. The van der Waals surface area contributed by atoms with E-state index in [1.54, 1.807) is 18.6 Å². The monoisotopic (exact) mass is 299 g/mol. The fraction of sp³-hybridized carbons (Fsp3) is 0.500. The van der Waals surface area contributed by atoms with Crippen LogP contribution in [0.15, 0.2) is 18.6 Å². The molecule has 0 saturated heterocycles. The highest BCUT2D eigenvalue weighted by Crippen LogP contribution is 2.33. The van der Waals surface area contributed by atoms with Crippen LogP contribution in [-0.4, -0.2) is 26.1 Å². The highest BCUT2D eigenvalue weighted by atomic mass is 16.1. The number of aromatic amines is 1. The zero-order valence-corrected chi connectivity index (χ0v) is 12.8. The number of hydrogen-bond acceptors (Lipinski definition) is 4. The molecule has 3 rings (SSSR count). The fourth-order valence-electron chi connectivity index (χ4n) is 2.96. The van der Waals surface area contributed by atoms with Crippen LogP contribution in [0.3, 0.4) is 0 Å². The predicted molar refractivity (Wildman–Crippen MR) is 82.4 cm³/mol. The minimum absolute atomic E-state index is 0.100. The summed E-state index contributed by atoms with van der Waals surface area (Å²) in [4.78, 5) is 20.8. The van der Waals surface area contributed by atoms with Gasteiger partial charge in [-0.2, -0.15) is 5.10 Å². The molecular weight excluding hydrogens is 278 g/mol. The van der Waals surface area contributed by atoms with Crippen molar-refractivity contribution < 1.29 is 4.79 Å². The molecule has 0 radical (unpaired) electrons. The average Bonchev–Trinajstić information content (AvgIpc) is 3.04. The van der Waals surface area contributed by atoms with Gasteiger partial charge in [0, 0.05) is 12.1 Å². The molecule has 2 aromatic rings. The Morgan fingerprint density at radius 2 is 2.05 bits per heavy atom. The van der Waals surface area contributed by atoms with Gasteiger partial charge in [-0.25, -0.2) is 0 Å². The van der Waals surface area contributed by atoms with Gasteiger partial charge in [-0.3, -0.25) is 19.9 Å². The molecular formula is C16H21N5O. The number of rotatable bonds is 4. The first-order valence-corrected chi connectivity index (χ1v) is 7.83. The van der Waals surface area contributed by atoms with E-state index >= 15 is 0 Å². The van der Waals surface area contributed by atoms with Gasteiger partial charge in [-0.15, -0.1) is 0 Å². The summed E-state index contributed by atoms with van der Waals surface area (Å²) in [7, 11) is 0. The van der Waals surface area contributed by atoms with Crippen LogP contribution in [0.4, 0.5) is 0 Å². The zero-order chi connectivity index (χ0) is 15.4. The van der Waals surface area contributed by atoms with Crippen molar-refractivity contribution in [2.75, 3.05) is 0 Å². The molecule has 0 atom stereocenters. The summed E-state index contributed by atoms with van der Waals surface area (Å²) in [5.74, 6) is 0.327. The molecule has 0 aromatic carbocycles. The van der Waals surface area contributed by atoms with Crippen molar-refractivity contribution in [3.63, 3.8) is 0 Å². The minimum Gasteiger partial charge on any atom is -0.346 e. The molecule has 0 aliphatic heterocycles. The van der Waals surface area contributed by atoms with Crippen molar-refractivity contribution in [3.8, 4) is 0 Å². The van der Waals surface area contributed by atoms with E-state index < -0.39 is 0 Å². The molecule has 0 spiro atoms. The van der Waals surface area contributed by atoms with Crippen LogP contribution in [0.5, 0.6) is 0 Å². The SMILES string of the molecule is Cc1cnc(CNC(=O)c2cn[nH]c2C2CCCCC2)cn1. The molecule has 0 unspecified atom stereocenters. The summed E-state index contributed by atoms with van der Waals surface area (Å²) < 4.78 is 0. The molecule has 1 aliphatic rings. The van der Waals surface area contributed by atoms with Gasteiger partial charge in [0.05, 0.1) is 41.6 Å². The number of carbonyl (C=O) groups is 1. The van der Waals surface area contributed by atoms with Crippen LogP contribution in [0.1, 0.15) is 65.5 Å². The number of hydrogen-bond donors (Lipinski definition) is 2. The summed E-state index contributed by atoms with van der Waals surface area (Å²) in [5.41, 5.74) is 3.25. The second-order valence-electron chi connectivity index (χ2n) is 5.86. The van der Waals surface area contributed by atoms with E-state index in [9.17, 15) is 4.79 Å². The van der Waals surface area contributed by atoms with E-state index in [1.165, 1.54) is 19.3 Å². The second-order valence-corrected chi connectivity index (χ2v) is 5.86. The minimum atomic E-state index is -0.100. The summed E-state index contributed by atoms with van der Waals surface area (Å²) in [6.07, 6.45) is 11.0.